The summed E-state index contributed by atoms with van der Waals surface area (Å²) in [7, 11) is 0. The van der Waals surface area contributed by atoms with Crippen molar-refractivity contribution in [3.05, 3.63) is 111 Å². The Balaban J connectivity index is 1.81. The molecule has 9 nitrogen and oxygen atoms in total. The number of esters is 1. The van der Waals surface area contributed by atoms with Gasteiger partial charge >= 0.3 is 5.97 Å². The van der Waals surface area contributed by atoms with Crippen LogP contribution in [0.5, 0.6) is 5.75 Å². The number of ether oxygens (including phenoxy) is 1. The quantitative estimate of drug-likeness (QED) is 0.209. The van der Waals surface area contributed by atoms with Crippen LogP contribution >= 0.6 is 27.3 Å². The van der Waals surface area contributed by atoms with E-state index in [1.165, 1.54) is 22.8 Å². The average molecular weight is 594 g/mol. The third-order valence-electron chi connectivity index (χ3n) is 6.21. The van der Waals surface area contributed by atoms with Crippen LogP contribution in [-0.4, -0.2) is 27.2 Å². The number of halogens is 1. The van der Waals surface area contributed by atoms with Crippen molar-refractivity contribution in [2.45, 2.75) is 19.9 Å². The summed E-state index contributed by atoms with van der Waals surface area (Å²) >= 11 is 4.20. The first-order valence-corrected chi connectivity index (χ1v) is 13.2. The zero-order chi connectivity index (χ0) is 27.1. The molecule has 38 heavy (non-hydrogen) atoms. The van der Waals surface area contributed by atoms with E-state index in [4.69, 9.17) is 4.74 Å². The minimum absolute atomic E-state index is 0.0966. The van der Waals surface area contributed by atoms with E-state index in [1.807, 2.05) is 42.5 Å². The van der Waals surface area contributed by atoms with Gasteiger partial charge < -0.3 is 9.84 Å². The van der Waals surface area contributed by atoms with Gasteiger partial charge in [-0.15, -0.1) is 0 Å². The minimum Gasteiger partial charge on any atom is -0.506 e. The first kappa shape index (κ1) is 25.6. The number of aromatic nitrogens is 1. The molecule has 0 radical (unpaired) electrons. The van der Waals surface area contributed by atoms with Gasteiger partial charge in [0.1, 0.15) is 5.75 Å². The zero-order valence-electron chi connectivity index (χ0n) is 20.2. The highest BCUT2D eigenvalue weighted by atomic mass is 79.9. The molecule has 11 heteroatoms. The van der Waals surface area contributed by atoms with E-state index < -0.39 is 22.5 Å². The Morgan fingerprint density at radius 1 is 1.26 bits per heavy atom. The first-order chi connectivity index (χ1) is 18.2. The monoisotopic (exact) mass is 593 g/mol. The number of phenols is 1. The largest absolute Gasteiger partial charge is 0.506 e. The number of hydrogen-bond acceptors (Lipinski definition) is 8. The molecule has 2 heterocycles. The number of aromatic hydroxyl groups is 1. The number of allylic oxidation sites excluding steroid dienone is 1. The van der Waals surface area contributed by atoms with Crippen molar-refractivity contribution in [1.29, 1.82) is 0 Å². The van der Waals surface area contributed by atoms with Crippen molar-refractivity contribution in [3.8, 4) is 5.75 Å². The van der Waals surface area contributed by atoms with Crippen LogP contribution in [0.3, 0.4) is 0 Å². The van der Waals surface area contributed by atoms with Gasteiger partial charge in [0.15, 0.2) is 4.80 Å². The van der Waals surface area contributed by atoms with Gasteiger partial charge in [-0.1, -0.05) is 53.8 Å². The molecule has 1 N–H and O–H groups in total. The van der Waals surface area contributed by atoms with Gasteiger partial charge in [0.25, 0.3) is 11.2 Å². The molecular weight excluding hydrogens is 574 g/mol. The number of nitrogens with zero attached hydrogens (tertiary/aromatic N) is 3. The summed E-state index contributed by atoms with van der Waals surface area (Å²) in [6.45, 7) is 3.56. The molecule has 1 aromatic heterocycles. The van der Waals surface area contributed by atoms with Crippen molar-refractivity contribution in [2.75, 3.05) is 6.61 Å². The van der Waals surface area contributed by atoms with Crippen molar-refractivity contribution >= 4 is 55.8 Å². The lowest BCUT2D eigenvalue weighted by molar-refractivity contribution is -0.385. The van der Waals surface area contributed by atoms with Crippen molar-refractivity contribution in [1.82, 2.24) is 4.57 Å². The van der Waals surface area contributed by atoms with Crippen molar-refractivity contribution in [3.63, 3.8) is 0 Å². The van der Waals surface area contributed by atoms with E-state index in [-0.39, 0.29) is 38.2 Å². The maximum absolute atomic E-state index is 13.9. The maximum atomic E-state index is 13.9. The predicted octanol–water partition coefficient (Wildman–Crippen LogP) is 4.33. The molecule has 192 valence electrons. The first-order valence-electron chi connectivity index (χ1n) is 11.6. The summed E-state index contributed by atoms with van der Waals surface area (Å²) in [5, 5.41) is 23.7. The third kappa shape index (κ3) is 4.33. The Morgan fingerprint density at radius 2 is 2.00 bits per heavy atom. The van der Waals surface area contributed by atoms with Crippen LogP contribution in [0.25, 0.3) is 16.8 Å². The fourth-order valence-corrected chi connectivity index (χ4v) is 6.04. The maximum Gasteiger partial charge on any atom is 0.338 e. The zero-order valence-corrected chi connectivity index (χ0v) is 22.6. The van der Waals surface area contributed by atoms with E-state index in [0.717, 1.165) is 27.7 Å². The Morgan fingerprint density at radius 3 is 2.74 bits per heavy atom. The molecule has 1 aliphatic rings. The topological polar surface area (TPSA) is 124 Å². The molecular formula is C27H20BrN3O6S. The fourth-order valence-electron chi connectivity index (χ4n) is 4.54. The molecule has 0 fully saturated rings. The lowest BCUT2D eigenvalue weighted by atomic mass is 9.91. The van der Waals surface area contributed by atoms with E-state index in [0.29, 0.717) is 10.5 Å². The average Bonchev–Trinajstić information content (AvgIpc) is 3.19. The Hall–Kier alpha value is -4.09. The second kappa shape index (κ2) is 9.99. The van der Waals surface area contributed by atoms with Crippen LogP contribution in [0.15, 0.2) is 80.1 Å². The van der Waals surface area contributed by atoms with Crippen molar-refractivity contribution < 1.29 is 19.6 Å². The Kier molecular flexibility index (Phi) is 6.72. The number of benzene rings is 3. The Bertz CT molecular complexity index is 1850. The summed E-state index contributed by atoms with van der Waals surface area (Å²) in [6.07, 6.45) is 1.39. The fraction of sp³-hybridized carbons (Fsp3) is 0.148. The summed E-state index contributed by atoms with van der Waals surface area (Å²) in [4.78, 5) is 42.7. The standard InChI is InChI=1S/C27H20BrN3O6S/c1-3-37-26(34)22-14(2)29-27-30(23(22)19-10-6-8-15-7-4-5-9-18(15)19)25(33)21(38-27)12-16-11-17(31(35)36)13-20(28)24(16)32/h4-13,23,32H,3H2,1-2H3/b21-12-/t23-/m0/s1. The molecule has 1 aliphatic heterocycles. The number of non-ortho nitro benzene ring substituents is 1. The lowest BCUT2D eigenvalue weighted by Crippen LogP contribution is -2.40. The highest BCUT2D eigenvalue weighted by Gasteiger charge is 2.34. The van der Waals surface area contributed by atoms with Crippen LogP contribution < -0.4 is 14.9 Å². The molecule has 0 unspecified atom stereocenters. The molecule has 3 aromatic carbocycles. The third-order valence-corrected chi connectivity index (χ3v) is 7.80. The highest BCUT2D eigenvalue weighted by Crippen LogP contribution is 2.35. The summed E-state index contributed by atoms with van der Waals surface area (Å²) in [5.41, 5.74) is 0.803. The van der Waals surface area contributed by atoms with E-state index in [1.54, 1.807) is 13.8 Å². The van der Waals surface area contributed by atoms with Crippen LogP contribution in [0.2, 0.25) is 0 Å². The molecule has 4 aromatic rings. The molecule has 0 aliphatic carbocycles. The molecule has 0 saturated carbocycles. The van der Waals surface area contributed by atoms with Crippen LogP contribution in [0.1, 0.15) is 31.0 Å². The van der Waals surface area contributed by atoms with Gasteiger partial charge in [0.05, 0.1) is 37.8 Å². The molecule has 0 amide bonds. The van der Waals surface area contributed by atoms with Gasteiger partial charge in [0.2, 0.25) is 0 Å². The van der Waals surface area contributed by atoms with Crippen LogP contribution in [-0.2, 0) is 9.53 Å². The second-order valence-corrected chi connectivity index (χ2v) is 10.4. The van der Waals surface area contributed by atoms with Gasteiger partial charge in [0, 0.05) is 17.7 Å². The highest BCUT2D eigenvalue weighted by molar-refractivity contribution is 9.10. The van der Waals surface area contributed by atoms with Gasteiger partial charge in [-0.3, -0.25) is 19.5 Å². The number of phenolic OH excluding ortho intramolecular Hbond substituents is 1. The van der Waals surface area contributed by atoms with E-state index in [2.05, 4.69) is 20.9 Å². The van der Waals surface area contributed by atoms with Crippen LogP contribution in [0, 0.1) is 10.1 Å². The predicted molar refractivity (Wildman–Crippen MR) is 147 cm³/mol. The normalized spacial score (nSPS) is 15.3. The summed E-state index contributed by atoms with van der Waals surface area (Å²) < 4.78 is 7.12. The van der Waals surface area contributed by atoms with Crippen molar-refractivity contribution in [2.24, 2.45) is 4.99 Å². The minimum atomic E-state index is -0.816. The second-order valence-electron chi connectivity index (χ2n) is 8.49. The molecule has 0 saturated heterocycles. The van der Waals surface area contributed by atoms with Crippen LogP contribution in [0.4, 0.5) is 5.69 Å². The van der Waals surface area contributed by atoms with E-state index >= 15 is 0 Å². The number of nitro groups is 1. The Labute approximate surface area is 227 Å². The smallest absolute Gasteiger partial charge is 0.338 e. The summed E-state index contributed by atoms with van der Waals surface area (Å²) in [5.74, 6) is -0.809. The molecule has 0 spiro atoms. The number of thiazole rings is 1. The van der Waals surface area contributed by atoms with E-state index in [9.17, 15) is 24.8 Å². The number of carbonyl (C=O) groups excluding carboxylic acids is 1. The van der Waals surface area contributed by atoms with Gasteiger partial charge in [-0.25, -0.2) is 9.79 Å². The van der Waals surface area contributed by atoms with Gasteiger partial charge in [-0.05, 0) is 52.2 Å². The lowest BCUT2D eigenvalue weighted by Gasteiger charge is -2.25. The number of fused-ring (bicyclic) bond motifs is 2. The molecule has 1 atom stereocenters. The SMILES string of the molecule is CCOC(=O)C1=C(C)N=c2s/c(=C\c3cc([N+](=O)[O-])cc(Br)c3O)c(=O)n2[C@H]1c1cccc2ccccc12. The van der Waals surface area contributed by atoms with Gasteiger partial charge in [-0.2, -0.15) is 0 Å². The molecule has 5 rings (SSSR count). The number of nitro benzene ring substituents is 1. The molecule has 0 bridgehead atoms. The summed E-state index contributed by atoms with van der Waals surface area (Å²) in [6, 6.07) is 14.9. The number of carbonyl (C=O) groups is 1. The number of rotatable bonds is 5. The number of hydrogen-bond donors (Lipinski definition) is 1.